The summed E-state index contributed by atoms with van der Waals surface area (Å²) in [4.78, 5) is 2.28. The zero-order chi connectivity index (χ0) is 12.1. The fourth-order valence-electron chi connectivity index (χ4n) is 1.98. The molecule has 1 N–H and O–H groups in total. The van der Waals surface area contributed by atoms with Crippen LogP contribution in [0, 0.1) is 0 Å². The Balaban J connectivity index is 1.82. The molecule has 0 aromatic heterocycles. The van der Waals surface area contributed by atoms with Crippen LogP contribution in [0.1, 0.15) is 18.4 Å². The van der Waals surface area contributed by atoms with Gasteiger partial charge in [0, 0.05) is 18.8 Å². The van der Waals surface area contributed by atoms with E-state index in [2.05, 4.69) is 11.5 Å². The number of hydrogen-bond acceptors (Lipinski definition) is 3. The molecule has 0 atom stereocenters. The molecule has 1 aliphatic rings. The van der Waals surface area contributed by atoms with E-state index in [1.165, 1.54) is 12.8 Å². The maximum absolute atomic E-state index is 8.93. The third-order valence-electron chi connectivity index (χ3n) is 3.06. The highest BCUT2D eigenvalue weighted by atomic mass is 16.5. The van der Waals surface area contributed by atoms with E-state index < -0.39 is 0 Å². The Bertz CT molecular complexity index is 366. The fourth-order valence-corrected chi connectivity index (χ4v) is 1.98. The van der Waals surface area contributed by atoms with E-state index in [9.17, 15) is 0 Å². The van der Waals surface area contributed by atoms with Crippen molar-refractivity contribution in [2.45, 2.75) is 19.4 Å². The van der Waals surface area contributed by atoms with E-state index in [0.29, 0.717) is 6.61 Å². The highest BCUT2D eigenvalue weighted by molar-refractivity contribution is 5.27. The standard InChI is InChI=1S/C14H19NO2/c1-12(15-8-2-3-9-15)11-17-14-6-4-13(10-16)5-7-14/h4-7,16H,1-3,8-11H2. The summed E-state index contributed by atoms with van der Waals surface area (Å²) in [5.41, 5.74) is 1.95. The van der Waals surface area contributed by atoms with Crippen molar-refractivity contribution in [2.24, 2.45) is 0 Å². The second-order valence-electron chi connectivity index (χ2n) is 4.35. The van der Waals surface area contributed by atoms with Gasteiger partial charge < -0.3 is 14.7 Å². The van der Waals surface area contributed by atoms with Crippen molar-refractivity contribution in [1.82, 2.24) is 4.90 Å². The van der Waals surface area contributed by atoms with Crippen LogP contribution in [-0.2, 0) is 6.61 Å². The summed E-state index contributed by atoms with van der Waals surface area (Å²) >= 11 is 0. The molecule has 0 bridgehead atoms. The summed E-state index contributed by atoms with van der Waals surface area (Å²) in [6, 6.07) is 7.49. The Hall–Kier alpha value is -1.48. The molecule has 0 saturated carbocycles. The van der Waals surface area contributed by atoms with Crippen molar-refractivity contribution in [2.75, 3.05) is 19.7 Å². The molecule has 0 unspecified atom stereocenters. The van der Waals surface area contributed by atoms with Crippen LogP contribution in [0.15, 0.2) is 36.5 Å². The van der Waals surface area contributed by atoms with E-state index in [0.717, 1.165) is 30.1 Å². The van der Waals surface area contributed by atoms with E-state index in [4.69, 9.17) is 9.84 Å². The van der Waals surface area contributed by atoms with Crippen LogP contribution in [0.5, 0.6) is 5.75 Å². The molecular weight excluding hydrogens is 214 g/mol. The lowest BCUT2D eigenvalue weighted by molar-refractivity contribution is 0.280. The van der Waals surface area contributed by atoms with Crippen LogP contribution < -0.4 is 4.74 Å². The lowest BCUT2D eigenvalue weighted by Crippen LogP contribution is -2.22. The SMILES string of the molecule is C=C(COc1ccc(CO)cc1)N1CCCC1. The van der Waals surface area contributed by atoms with Gasteiger partial charge in [-0.1, -0.05) is 18.7 Å². The van der Waals surface area contributed by atoms with Crippen molar-refractivity contribution < 1.29 is 9.84 Å². The van der Waals surface area contributed by atoms with E-state index >= 15 is 0 Å². The first kappa shape index (κ1) is 12.0. The first-order valence-electron chi connectivity index (χ1n) is 6.05. The van der Waals surface area contributed by atoms with Crippen LogP contribution >= 0.6 is 0 Å². The molecule has 1 heterocycles. The summed E-state index contributed by atoms with van der Waals surface area (Å²) in [5.74, 6) is 0.822. The quantitative estimate of drug-likeness (QED) is 0.846. The Morgan fingerprint density at radius 1 is 1.24 bits per heavy atom. The minimum Gasteiger partial charge on any atom is -0.487 e. The van der Waals surface area contributed by atoms with E-state index in [-0.39, 0.29) is 6.61 Å². The van der Waals surface area contributed by atoms with Crippen molar-refractivity contribution >= 4 is 0 Å². The molecule has 17 heavy (non-hydrogen) atoms. The highest BCUT2D eigenvalue weighted by Gasteiger charge is 2.13. The summed E-state index contributed by atoms with van der Waals surface area (Å²) in [6.45, 7) is 6.86. The summed E-state index contributed by atoms with van der Waals surface area (Å²) < 4.78 is 5.66. The number of ether oxygens (including phenoxy) is 1. The van der Waals surface area contributed by atoms with Crippen LogP contribution in [0.3, 0.4) is 0 Å². The molecule has 3 heteroatoms. The van der Waals surface area contributed by atoms with Crippen molar-refractivity contribution in [3.8, 4) is 5.75 Å². The second kappa shape index (κ2) is 5.73. The van der Waals surface area contributed by atoms with Crippen molar-refractivity contribution in [1.29, 1.82) is 0 Å². The third-order valence-corrected chi connectivity index (χ3v) is 3.06. The average molecular weight is 233 g/mol. The number of likely N-dealkylation sites (tertiary alicyclic amines) is 1. The van der Waals surface area contributed by atoms with Gasteiger partial charge in [-0.15, -0.1) is 0 Å². The zero-order valence-electron chi connectivity index (χ0n) is 10.1. The number of aliphatic hydroxyl groups excluding tert-OH is 1. The summed E-state index contributed by atoms with van der Waals surface area (Å²) in [7, 11) is 0. The van der Waals surface area contributed by atoms with Crippen LogP contribution in [0.4, 0.5) is 0 Å². The molecule has 1 aliphatic heterocycles. The average Bonchev–Trinajstić information content (AvgIpc) is 2.90. The second-order valence-corrected chi connectivity index (χ2v) is 4.35. The number of hydrogen-bond donors (Lipinski definition) is 1. The molecule has 92 valence electrons. The topological polar surface area (TPSA) is 32.7 Å². The van der Waals surface area contributed by atoms with Crippen LogP contribution in [0.25, 0.3) is 0 Å². The first-order chi connectivity index (χ1) is 8.29. The molecule has 0 amide bonds. The zero-order valence-corrected chi connectivity index (χ0v) is 10.1. The molecule has 1 fully saturated rings. The maximum atomic E-state index is 8.93. The maximum Gasteiger partial charge on any atom is 0.127 e. The molecule has 1 saturated heterocycles. The van der Waals surface area contributed by atoms with Gasteiger partial charge in [-0.2, -0.15) is 0 Å². The summed E-state index contributed by atoms with van der Waals surface area (Å²) in [6.07, 6.45) is 2.51. The first-order valence-corrected chi connectivity index (χ1v) is 6.05. The van der Waals surface area contributed by atoms with Gasteiger partial charge in [-0.25, -0.2) is 0 Å². The lowest BCUT2D eigenvalue weighted by atomic mass is 10.2. The fraction of sp³-hybridized carbons (Fsp3) is 0.429. The molecule has 0 aliphatic carbocycles. The van der Waals surface area contributed by atoms with Gasteiger partial charge >= 0.3 is 0 Å². The molecule has 0 spiro atoms. The molecule has 3 nitrogen and oxygen atoms in total. The van der Waals surface area contributed by atoms with Gasteiger partial charge in [0.05, 0.1) is 6.61 Å². The van der Waals surface area contributed by atoms with Gasteiger partial charge in [0.2, 0.25) is 0 Å². The lowest BCUT2D eigenvalue weighted by Gasteiger charge is -2.20. The van der Waals surface area contributed by atoms with Crippen molar-refractivity contribution in [3.05, 3.63) is 42.1 Å². The predicted molar refractivity (Wildman–Crippen MR) is 67.8 cm³/mol. The largest absolute Gasteiger partial charge is 0.487 e. The molecule has 1 aromatic rings. The van der Waals surface area contributed by atoms with Crippen LogP contribution in [-0.4, -0.2) is 29.7 Å². The minimum atomic E-state index is 0.0702. The summed E-state index contributed by atoms with van der Waals surface area (Å²) in [5, 5.41) is 8.93. The van der Waals surface area contributed by atoms with E-state index in [1.807, 2.05) is 24.3 Å². The normalized spacial score (nSPS) is 15.0. The molecule has 1 aromatic carbocycles. The van der Waals surface area contributed by atoms with Gasteiger partial charge in [0.25, 0.3) is 0 Å². The van der Waals surface area contributed by atoms with E-state index in [1.54, 1.807) is 0 Å². The molecular formula is C14H19NO2. The monoisotopic (exact) mass is 233 g/mol. The molecule has 0 radical (unpaired) electrons. The van der Waals surface area contributed by atoms with Gasteiger partial charge in [-0.3, -0.25) is 0 Å². The Morgan fingerprint density at radius 2 is 1.88 bits per heavy atom. The van der Waals surface area contributed by atoms with Gasteiger partial charge in [-0.05, 0) is 30.5 Å². The third kappa shape index (κ3) is 3.24. The Morgan fingerprint density at radius 3 is 2.47 bits per heavy atom. The highest BCUT2D eigenvalue weighted by Crippen LogP contribution is 2.16. The number of nitrogens with zero attached hydrogens (tertiary/aromatic N) is 1. The predicted octanol–water partition coefficient (Wildman–Crippen LogP) is 2.17. The number of rotatable bonds is 5. The molecule has 2 rings (SSSR count). The smallest absolute Gasteiger partial charge is 0.127 e. The Kier molecular flexibility index (Phi) is 4.04. The minimum absolute atomic E-state index is 0.0702. The Labute approximate surface area is 102 Å². The van der Waals surface area contributed by atoms with Crippen molar-refractivity contribution in [3.63, 3.8) is 0 Å². The van der Waals surface area contributed by atoms with Gasteiger partial charge in [0.15, 0.2) is 0 Å². The number of benzene rings is 1. The number of aliphatic hydroxyl groups is 1. The van der Waals surface area contributed by atoms with Crippen LogP contribution in [0.2, 0.25) is 0 Å². The van der Waals surface area contributed by atoms with Gasteiger partial charge in [0.1, 0.15) is 12.4 Å².